The molecular formula is C13H13BrFNOS. The monoisotopic (exact) mass is 329 g/mol. The van der Waals surface area contributed by atoms with Crippen molar-refractivity contribution in [1.29, 1.82) is 0 Å². The zero-order valence-electron chi connectivity index (χ0n) is 9.86. The first kappa shape index (κ1) is 13.6. The number of benzene rings is 1. The Balaban J connectivity index is 2.02. The van der Waals surface area contributed by atoms with Crippen LogP contribution in [0, 0.1) is 12.7 Å². The standard InChI is InChI=1S/C13H13BrFNOS/c1-8-7-18-13(16-8)6-11(17)5-9-4-10(14)2-3-12(9)15/h2-4,7,11,17H,5-6H2,1H3. The summed E-state index contributed by atoms with van der Waals surface area (Å²) in [5, 5.41) is 12.8. The van der Waals surface area contributed by atoms with Gasteiger partial charge < -0.3 is 5.11 Å². The van der Waals surface area contributed by atoms with E-state index in [4.69, 9.17) is 0 Å². The zero-order chi connectivity index (χ0) is 13.1. The SMILES string of the molecule is Cc1csc(CC(O)Cc2cc(Br)ccc2F)n1. The Morgan fingerprint density at radius 2 is 2.22 bits per heavy atom. The summed E-state index contributed by atoms with van der Waals surface area (Å²) in [6, 6.07) is 4.75. The van der Waals surface area contributed by atoms with E-state index in [1.165, 1.54) is 17.4 Å². The zero-order valence-corrected chi connectivity index (χ0v) is 12.3. The van der Waals surface area contributed by atoms with Gasteiger partial charge in [0, 0.05) is 28.4 Å². The van der Waals surface area contributed by atoms with Gasteiger partial charge in [-0.3, -0.25) is 0 Å². The molecule has 0 amide bonds. The van der Waals surface area contributed by atoms with E-state index in [1.807, 2.05) is 12.3 Å². The third-order valence-corrected chi connectivity index (χ3v) is 4.02. The fraction of sp³-hybridized carbons (Fsp3) is 0.308. The first-order chi connectivity index (χ1) is 8.54. The molecular weight excluding hydrogens is 317 g/mol. The number of halogens is 2. The van der Waals surface area contributed by atoms with Crippen LogP contribution in [0.3, 0.4) is 0 Å². The van der Waals surface area contributed by atoms with Crippen molar-refractivity contribution in [3.63, 3.8) is 0 Å². The Morgan fingerprint density at radius 3 is 2.89 bits per heavy atom. The third-order valence-electron chi connectivity index (χ3n) is 2.54. The second-order valence-corrected chi connectivity index (χ2v) is 6.04. The number of aliphatic hydroxyl groups is 1. The van der Waals surface area contributed by atoms with Crippen molar-refractivity contribution in [3.05, 3.63) is 50.1 Å². The van der Waals surface area contributed by atoms with Gasteiger partial charge in [0.2, 0.25) is 0 Å². The number of aromatic nitrogens is 1. The Morgan fingerprint density at radius 1 is 1.44 bits per heavy atom. The van der Waals surface area contributed by atoms with Crippen LogP contribution in [-0.2, 0) is 12.8 Å². The van der Waals surface area contributed by atoms with Crippen LogP contribution < -0.4 is 0 Å². The van der Waals surface area contributed by atoms with E-state index in [9.17, 15) is 9.50 Å². The molecule has 2 rings (SSSR count). The molecule has 0 radical (unpaired) electrons. The Kier molecular flexibility index (Phi) is 4.48. The topological polar surface area (TPSA) is 33.1 Å². The highest BCUT2D eigenvalue weighted by Crippen LogP contribution is 2.19. The summed E-state index contributed by atoms with van der Waals surface area (Å²) >= 11 is 4.82. The van der Waals surface area contributed by atoms with Gasteiger partial charge in [-0.15, -0.1) is 11.3 Å². The number of aliphatic hydroxyl groups excluding tert-OH is 1. The second kappa shape index (κ2) is 5.91. The van der Waals surface area contributed by atoms with Gasteiger partial charge in [0.05, 0.1) is 11.1 Å². The molecule has 0 spiro atoms. The molecule has 0 aliphatic heterocycles. The molecule has 1 atom stereocenters. The summed E-state index contributed by atoms with van der Waals surface area (Å²) in [6.45, 7) is 1.92. The molecule has 18 heavy (non-hydrogen) atoms. The summed E-state index contributed by atoms with van der Waals surface area (Å²) in [5.74, 6) is -0.285. The van der Waals surface area contributed by atoms with Gasteiger partial charge in [0.25, 0.3) is 0 Å². The van der Waals surface area contributed by atoms with Crippen LogP contribution in [0.25, 0.3) is 0 Å². The summed E-state index contributed by atoms with van der Waals surface area (Å²) in [5.41, 5.74) is 1.47. The summed E-state index contributed by atoms with van der Waals surface area (Å²) < 4.78 is 14.3. The van der Waals surface area contributed by atoms with Gasteiger partial charge in [0.1, 0.15) is 5.82 Å². The van der Waals surface area contributed by atoms with Crippen LogP contribution >= 0.6 is 27.3 Å². The second-order valence-electron chi connectivity index (χ2n) is 4.18. The van der Waals surface area contributed by atoms with Crippen molar-refractivity contribution in [2.45, 2.75) is 25.9 Å². The Labute approximate surface area is 118 Å². The molecule has 2 aromatic rings. The lowest BCUT2D eigenvalue weighted by Crippen LogP contribution is -2.14. The van der Waals surface area contributed by atoms with Gasteiger partial charge in [-0.2, -0.15) is 0 Å². The molecule has 0 fully saturated rings. The lowest BCUT2D eigenvalue weighted by molar-refractivity contribution is 0.174. The minimum atomic E-state index is -0.612. The van der Waals surface area contributed by atoms with Gasteiger partial charge in [-0.25, -0.2) is 9.37 Å². The van der Waals surface area contributed by atoms with Crippen molar-refractivity contribution in [1.82, 2.24) is 4.98 Å². The van der Waals surface area contributed by atoms with Gasteiger partial charge in [0.15, 0.2) is 0 Å². The molecule has 1 aromatic heterocycles. The van der Waals surface area contributed by atoms with Crippen molar-refractivity contribution >= 4 is 27.3 Å². The van der Waals surface area contributed by atoms with E-state index in [0.717, 1.165) is 15.2 Å². The van der Waals surface area contributed by atoms with Gasteiger partial charge in [-0.05, 0) is 30.7 Å². The van der Waals surface area contributed by atoms with E-state index in [2.05, 4.69) is 20.9 Å². The minimum absolute atomic E-state index is 0.285. The van der Waals surface area contributed by atoms with Crippen LogP contribution in [0.5, 0.6) is 0 Å². The average molecular weight is 330 g/mol. The predicted octanol–water partition coefficient (Wildman–Crippen LogP) is 3.50. The van der Waals surface area contributed by atoms with Crippen molar-refractivity contribution in [2.24, 2.45) is 0 Å². The van der Waals surface area contributed by atoms with Crippen molar-refractivity contribution in [2.75, 3.05) is 0 Å². The van der Waals surface area contributed by atoms with Crippen LogP contribution in [0.2, 0.25) is 0 Å². The number of nitrogens with zero attached hydrogens (tertiary/aromatic N) is 1. The largest absolute Gasteiger partial charge is 0.392 e. The predicted molar refractivity (Wildman–Crippen MR) is 74.4 cm³/mol. The highest BCUT2D eigenvalue weighted by Gasteiger charge is 2.12. The molecule has 0 aliphatic carbocycles. The lowest BCUT2D eigenvalue weighted by Gasteiger charge is -2.10. The van der Waals surface area contributed by atoms with E-state index in [0.29, 0.717) is 18.4 Å². The molecule has 0 bridgehead atoms. The van der Waals surface area contributed by atoms with Crippen LogP contribution in [0.4, 0.5) is 4.39 Å². The van der Waals surface area contributed by atoms with Crippen LogP contribution in [-0.4, -0.2) is 16.2 Å². The number of thiazole rings is 1. The fourth-order valence-corrected chi connectivity index (χ4v) is 2.98. The maximum Gasteiger partial charge on any atom is 0.126 e. The molecule has 1 N–H and O–H groups in total. The normalized spacial score (nSPS) is 12.7. The Hall–Kier alpha value is -0.780. The quantitative estimate of drug-likeness (QED) is 0.931. The highest BCUT2D eigenvalue weighted by atomic mass is 79.9. The molecule has 0 saturated carbocycles. The average Bonchev–Trinajstić information content (AvgIpc) is 2.69. The number of rotatable bonds is 4. The van der Waals surface area contributed by atoms with E-state index in [1.54, 1.807) is 12.1 Å². The number of hydrogen-bond donors (Lipinski definition) is 1. The first-order valence-electron chi connectivity index (χ1n) is 5.57. The summed E-state index contributed by atoms with van der Waals surface area (Å²) in [7, 11) is 0. The van der Waals surface area contributed by atoms with Gasteiger partial charge >= 0.3 is 0 Å². The molecule has 0 saturated heterocycles. The van der Waals surface area contributed by atoms with E-state index in [-0.39, 0.29) is 5.82 Å². The highest BCUT2D eigenvalue weighted by molar-refractivity contribution is 9.10. The number of aryl methyl sites for hydroxylation is 1. The molecule has 5 heteroatoms. The lowest BCUT2D eigenvalue weighted by atomic mass is 10.1. The third kappa shape index (κ3) is 3.60. The van der Waals surface area contributed by atoms with Crippen LogP contribution in [0.1, 0.15) is 16.3 Å². The minimum Gasteiger partial charge on any atom is -0.392 e. The molecule has 1 unspecified atom stereocenters. The molecule has 96 valence electrons. The fourth-order valence-electron chi connectivity index (χ4n) is 1.72. The molecule has 2 nitrogen and oxygen atoms in total. The van der Waals surface area contributed by atoms with Crippen LogP contribution in [0.15, 0.2) is 28.1 Å². The number of hydrogen-bond acceptors (Lipinski definition) is 3. The molecule has 1 aromatic carbocycles. The Bertz CT molecular complexity index is 544. The maximum atomic E-state index is 13.5. The van der Waals surface area contributed by atoms with E-state index >= 15 is 0 Å². The summed E-state index contributed by atoms with van der Waals surface area (Å²) in [6.07, 6.45) is 0.147. The summed E-state index contributed by atoms with van der Waals surface area (Å²) in [4.78, 5) is 4.29. The van der Waals surface area contributed by atoms with Gasteiger partial charge in [-0.1, -0.05) is 15.9 Å². The molecule has 1 heterocycles. The smallest absolute Gasteiger partial charge is 0.126 e. The van der Waals surface area contributed by atoms with Crippen molar-refractivity contribution < 1.29 is 9.50 Å². The van der Waals surface area contributed by atoms with Crippen molar-refractivity contribution in [3.8, 4) is 0 Å². The molecule has 0 aliphatic rings. The van der Waals surface area contributed by atoms with E-state index < -0.39 is 6.10 Å². The first-order valence-corrected chi connectivity index (χ1v) is 7.25. The maximum absolute atomic E-state index is 13.5.